The molecule has 0 aliphatic heterocycles. The molecule has 2 aromatic rings. The molecule has 0 aliphatic carbocycles. The highest BCUT2D eigenvalue weighted by Crippen LogP contribution is 2.33. The Hall–Kier alpha value is -1.77. The Bertz CT molecular complexity index is 568. The maximum atomic E-state index is 13.3. The fourth-order valence-electron chi connectivity index (χ4n) is 1.13. The number of nitrogens with two attached hydrogens (primary N) is 1. The third kappa shape index (κ3) is 1.71. The van der Waals surface area contributed by atoms with E-state index < -0.39 is 39.7 Å². The summed E-state index contributed by atoms with van der Waals surface area (Å²) in [5.74, 6) is -10.2. The zero-order valence-corrected chi connectivity index (χ0v) is 8.59. The second-order valence-electron chi connectivity index (χ2n) is 2.89. The zero-order valence-electron chi connectivity index (χ0n) is 7.77. The first kappa shape index (κ1) is 11.7. The molecule has 0 amide bonds. The number of aromatic nitrogens is 2. The molecule has 0 fully saturated rings. The van der Waals surface area contributed by atoms with Gasteiger partial charge >= 0.3 is 0 Å². The number of anilines is 1. The van der Waals surface area contributed by atoms with Crippen molar-refractivity contribution in [1.29, 1.82) is 0 Å². The summed E-state index contributed by atoms with van der Waals surface area (Å²) in [6.45, 7) is 0. The van der Waals surface area contributed by atoms with Crippen molar-refractivity contribution >= 4 is 16.5 Å². The fourth-order valence-corrected chi connectivity index (χ4v) is 1.77. The van der Waals surface area contributed by atoms with Crippen LogP contribution in [0.2, 0.25) is 0 Å². The van der Waals surface area contributed by atoms with E-state index in [1.54, 1.807) is 0 Å². The van der Waals surface area contributed by atoms with Gasteiger partial charge < -0.3 is 5.73 Å². The molecule has 1 aromatic carbocycles. The molecule has 0 bridgehead atoms. The lowest BCUT2D eigenvalue weighted by Gasteiger charge is -2.04. The van der Waals surface area contributed by atoms with Gasteiger partial charge in [0.1, 0.15) is 0 Å². The monoisotopic (exact) mass is 267 g/mol. The van der Waals surface area contributed by atoms with Crippen molar-refractivity contribution in [3.05, 3.63) is 29.1 Å². The average Bonchev–Trinajstić information content (AvgIpc) is 2.71. The SMILES string of the molecule is Nc1nnc(-c2c(F)c(F)c(F)c(F)c2F)s1. The highest BCUT2D eigenvalue weighted by atomic mass is 32.1. The zero-order chi connectivity index (χ0) is 12.7. The van der Waals surface area contributed by atoms with Crippen LogP contribution in [-0.2, 0) is 0 Å². The van der Waals surface area contributed by atoms with E-state index >= 15 is 0 Å². The number of benzene rings is 1. The lowest BCUT2D eigenvalue weighted by Crippen LogP contribution is -2.03. The van der Waals surface area contributed by atoms with Crippen molar-refractivity contribution in [3.8, 4) is 10.6 Å². The standard InChI is InChI=1S/C8H2F5N3S/c9-2-1(7-15-16-8(14)17-7)3(10)5(12)6(13)4(2)11/h(H2,14,16). The number of nitrogen functional groups attached to an aromatic ring is 1. The maximum Gasteiger partial charge on any atom is 0.203 e. The van der Waals surface area contributed by atoms with Crippen LogP contribution in [-0.4, -0.2) is 10.2 Å². The van der Waals surface area contributed by atoms with Gasteiger partial charge in [0.2, 0.25) is 10.9 Å². The van der Waals surface area contributed by atoms with E-state index in [1.807, 2.05) is 0 Å². The van der Waals surface area contributed by atoms with Crippen molar-refractivity contribution in [1.82, 2.24) is 10.2 Å². The summed E-state index contributed by atoms with van der Waals surface area (Å²) in [4.78, 5) is 0. The lowest BCUT2D eigenvalue weighted by atomic mass is 10.2. The summed E-state index contributed by atoms with van der Waals surface area (Å²) in [6.07, 6.45) is 0. The molecule has 3 nitrogen and oxygen atoms in total. The molecule has 9 heteroatoms. The highest BCUT2D eigenvalue weighted by Gasteiger charge is 2.28. The van der Waals surface area contributed by atoms with Crippen LogP contribution in [0.4, 0.5) is 27.1 Å². The number of hydrogen-bond acceptors (Lipinski definition) is 4. The van der Waals surface area contributed by atoms with Gasteiger partial charge in [0.15, 0.2) is 28.3 Å². The number of halogens is 5. The molecular formula is C8H2F5N3S. The first-order valence-corrected chi connectivity index (χ1v) is 4.86. The molecule has 1 aromatic heterocycles. The minimum atomic E-state index is -2.22. The average molecular weight is 267 g/mol. The summed E-state index contributed by atoms with van der Waals surface area (Å²) in [5.41, 5.74) is 4.03. The van der Waals surface area contributed by atoms with Gasteiger partial charge in [-0.1, -0.05) is 11.3 Å². The molecule has 0 radical (unpaired) electrons. The predicted octanol–water partition coefficient (Wildman–Crippen LogP) is 2.48. The Labute approximate surface area is 94.7 Å². The van der Waals surface area contributed by atoms with Gasteiger partial charge in [-0.2, -0.15) is 0 Å². The van der Waals surface area contributed by atoms with Gasteiger partial charge in [-0.3, -0.25) is 0 Å². The molecule has 0 spiro atoms. The van der Waals surface area contributed by atoms with Crippen molar-refractivity contribution in [2.75, 3.05) is 5.73 Å². The van der Waals surface area contributed by atoms with Crippen LogP contribution in [0.25, 0.3) is 10.6 Å². The van der Waals surface area contributed by atoms with Crippen LogP contribution in [0.1, 0.15) is 0 Å². The summed E-state index contributed by atoms with van der Waals surface area (Å²) < 4.78 is 65.0. The Balaban J connectivity index is 2.78. The van der Waals surface area contributed by atoms with E-state index in [4.69, 9.17) is 5.73 Å². The largest absolute Gasteiger partial charge is 0.374 e. The first-order chi connectivity index (χ1) is 7.93. The number of nitrogens with zero attached hydrogens (tertiary/aromatic N) is 2. The van der Waals surface area contributed by atoms with Crippen LogP contribution < -0.4 is 5.73 Å². The first-order valence-electron chi connectivity index (χ1n) is 4.04. The van der Waals surface area contributed by atoms with Crippen LogP contribution in [0.15, 0.2) is 0 Å². The Morgan fingerprint density at radius 3 is 1.65 bits per heavy atom. The molecule has 0 saturated heterocycles. The fraction of sp³-hybridized carbons (Fsp3) is 0. The minimum Gasteiger partial charge on any atom is -0.374 e. The van der Waals surface area contributed by atoms with Gasteiger partial charge in [0.05, 0.1) is 5.56 Å². The third-order valence-corrected chi connectivity index (χ3v) is 2.63. The van der Waals surface area contributed by atoms with Gasteiger partial charge in [0.25, 0.3) is 0 Å². The minimum absolute atomic E-state index is 0.149. The van der Waals surface area contributed by atoms with Crippen LogP contribution in [0.5, 0.6) is 0 Å². The second-order valence-corrected chi connectivity index (χ2v) is 3.90. The highest BCUT2D eigenvalue weighted by molar-refractivity contribution is 7.18. The Morgan fingerprint density at radius 2 is 1.24 bits per heavy atom. The van der Waals surface area contributed by atoms with Crippen LogP contribution in [0, 0.1) is 29.1 Å². The van der Waals surface area contributed by atoms with E-state index in [2.05, 4.69) is 10.2 Å². The maximum absolute atomic E-state index is 13.3. The quantitative estimate of drug-likeness (QED) is 0.490. The van der Waals surface area contributed by atoms with Gasteiger partial charge in [-0.25, -0.2) is 22.0 Å². The molecule has 0 saturated carbocycles. The third-order valence-electron chi connectivity index (χ3n) is 1.86. The van der Waals surface area contributed by atoms with Crippen molar-refractivity contribution in [3.63, 3.8) is 0 Å². The van der Waals surface area contributed by atoms with Crippen molar-refractivity contribution in [2.24, 2.45) is 0 Å². The van der Waals surface area contributed by atoms with E-state index in [0.29, 0.717) is 11.3 Å². The summed E-state index contributed by atoms with van der Waals surface area (Å²) in [7, 11) is 0. The van der Waals surface area contributed by atoms with E-state index in [1.165, 1.54) is 0 Å². The van der Waals surface area contributed by atoms with Crippen molar-refractivity contribution < 1.29 is 22.0 Å². The van der Waals surface area contributed by atoms with E-state index in [-0.39, 0.29) is 5.13 Å². The van der Waals surface area contributed by atoms with Gasteiger partial charge in [-0.05, 0) is 0 Å². The molecule has 0 unspecified atom stereocenters. The van der Waals surface area contributed by atoms with Gasteiger partial charge in [-0.15, -0.1) is 10.2 Å². The summed E-state index contributed by atoms with van der Waals surface area (Å²) in [6, 6.07) is 0. The molecule has 90 valence electrons. The molecule has 2 rings (SSSR count). The second kappa shape index (κ2) is 3.91. The molecule has 1 heterocycles. The molecule has 0 atom stereocenters. The van der Waals surface area contributed by atoms with Crippen LogP contribution >= 0.6 is 11.3 Å². The summed E-state index contributed by atoms with van der Waals surface area (Å²) in [5, 5.41) is 5.83. The topological polar surface area (TPSA) is 51.8 Å². The summed E-state index contributed by atoms with van der Waals surface area (Å²) >= 11 is 0.512. The van der Waals surface area contributed by atoms with E-state index in [0.717, 1.165) is 0 Å². The number of hydrogen-bond donors (Lipinski definition) is 1. The molecule has 0 aliphatic rings. The van der Waals surface area contributed by atoms with E-state index in [9.17, 15) is 22.0 Å². The number of rotatable bonds is 1. The predicted molar refractivity (Wildman–Crippen MR) is 49.5 cm³/mol. The smallest absolute Gasteiger partial charge is 0.203 e. The normalized spacial score (nSPS) is 10.9. The molecular weight excluding hydrogens is 265 g/mol. The Kier molecular flexibility index (Phi) is 2.69. The van der Waals surface area contributed by atoms with Gasteiger partial charge in [0, 0.05) is 0 Å². The molecule has 17 heavy (non-hydrogen) atoms. The molecule has 2 N–H and O–H groups in total. The lowest BCUT2D eigenvalue weighted by molar-refractivity contribution is 0.381. The van der Waals surface area contributed by atoms with Crippen molar-refractivity contribution in [2.45, 2.75) is 0 Å². The van der Waals surface area contributed by atoms with Crippen LogP contribution in [0.3, 0.4) is 0 Å². The Morgan fingerprint density at radius 1 is 0.765 bits per heavy atom.